The number of nitrogens with one attached hydrogen (secondary N) is 1. The van der Waals surface area contributed by atoms with Crippen LogP contribution >= 0.6 is 0 Å². The minimum Gasteiger partial charge on any atom is -0.303 e. The van der Waals surface area contributed by atoms with Crippen LogP contribution in [0.15, 0.2) is 0 Å². The number of aryl methyl sites for hydroxylation is 1. The summed E-state index contributed by atoms with van der Waals surface area (Å²) in [6.07, 6.45) is 0.994. The van der Waals surface area contributed by atoms with Gasteiger partial charge < -0.3 is 5.32 Å². The molecule has 1 aromatic rings. The Kier molecular flexibility index (Phi) is 3.87. The minimum absolute atomic E-state index is 0.173. The fraction of sp³-hybridized carbons (Fsp3) is 0.636. The predicted octanol–water partition coefficient (Wildman–Crippen LogP) is 1.17. The molecule has 1 rings (SSSR count). The van der Waals surface area contributed by atoms with E-state index >= 15 is 0 Å². The van der Waals surface area contributed by atoms with Gasteiger partial charge in [0.15, 0.2) is 0 Å². The Balaban J connectivity index is 2.92. The van der Waals surface area contributed by atoms with Crippen LogP contribution in [0.2, 0.25) is 0 Å². The molecule has 0 saturated carbocycles. The van der Waals surface area contributed by atoms with Gasteiger partial charge in [-0.15, -0.1) is 0 Å². The maximum absolute atomic E-state index is 8.86. The van der Waals surface area contributed by atoms with Crippen LogP contribution in [0.1, 0.15) is 23.9 Å². The van der Waals surface area contributed by atoms with Crippen LogP contribution in [0.5, 0.6) is 0 Å². The lowest BCUT2D eigenvalue weighted by Gasteiger charge is -2.09. The van der Waals surface area contributed by atoms with Crippen LogP contribution in [0, 0.1) is 25.2 Å². The monoisotopic (exact) mass is 206 g/mol. The fourth-order valence-corrected chi connectivity index (χ4v) is 1.79. The van der Waals surface area contributed by atoms with E-state index in [1.54, 1.807) is 7.05 Å². The predicted molar refractivity (Wildman–Crippen MR) is 59.5 cm³/mol. The molecule has 0 spiro atoms. The molecule has 1 N–H and O–H groups in total. The average molecular weight is 206 g/mol. The second kappa shape index (κ2) is 4.94. The molecule has 82 valence electrons. The molecule has 0 aliphatic heterocycles. The maximum Gasteiger partial charge on any atom is 0.115 e. The van der Waals surface area contributed by atoms with Gasteiger partial charge in [0, 0.05) is 5.69 Å². The molecule has 0 bridgehead atoms. The van der Waals surface area contributed by atoms with E-state index in [-0.39, 0.29) is 6.04 Å². The quantitative estimate of drug-likeness (QED) is 0.804. The molecule has 0 aliphatic carbocycles. The van der Waals surface area contributed by atoms with Crippen molar-refractivity contribution in [3.05, 3.63) is 17.0 Å². The Morgan fingerprint density at radius 2 is 2.20 bits per heavy atom. The highest BCUT2D eigenvalue weighted by molar-refractivity contribution is 5.24. The second-order valence-electron chi connectivity index (χ2n) is 3.66. The summed E-state index contributed by atoms with van der Waals surface area (Å²) in [5, 5.41) is 16.3. The Morgan fingerprint density at radius 3 is 2.60 bits per heavy atom. The number of nitrogens with zero attached hydrogens (tertiary/aromatic N) is 3. The smallest absolute Gasteiger partial charge is 0.115 e. The van der Waals surface area contributed by atoms with Gasteiger partial charge in [-0.05, 0) is 32.9 Å². The lowest BCUT2D eigenvalue weighted by atomic mass is 10.1. The topological polar surface area (TPSA) is 53.6 Å². The maximum atomic E-state index is 8.86. The lowest BCUT2D eigenvalue weighted by molar-refractivity contribution is 0.510. The van der Waals surface area contributed by atoms with Gasteiger partial charge in [-0.25, -0.2) is 0 Å². The van der Waals surface area contributed by atoms with Crippen LogP contribution in [0.25, 0.3) is 0 Å². The molecular weight excluding hydrogens is 188 g/mol. The van der Waals surface area contributed by atoms with Crippen molar-refractivity contribution >= 4 is 0 Å². The molecule has 1 unspecified atom stereocenters. The van der Waals surface area contributed by atoms with Gasteiger partial charge in [-0.3, -0.25) is 4.68 Å². The number of aromatic nitrogens is 2. The molecule has 0 fully saturated rings. The van der Waals surface area contributed by atoms with Crippen molar-refractivity contribution in [2.45, 2.75) is 39.8 Å². The van der Waals surface area contributed by atoms with Crippen molar-refractivity contribution in [2.24, 2.45) is 0 Å². The highest BCUT2D eigenvalue weighted by Crippen LogP contribution is 2.13. The van der Waals surface area contributed by atoms with E-state index in [4.69, 9.17) is 5.26 Å². The Labute approximate surface area is 90.9 Å². The van der Waals surface area contributed by atoms with Gasteiger partial charge in [0.1, 0.15) is 6.04 Å². The normalized spacial score (nSPS) is 12.5. The molecule has 4 heteroatoms. The van der Waals surface area contributed by atoms with Crippen LogP contribution in [0.4, 0.5) is 0 Å². The number of rotatable bonds is 4. The first kappa shape index (κ1) is 11.7. The molecule has 4 nitrogen and oxygen atoms in total. The average Bonchev–Trinajstić information content (AvgIpc) is 2.50. The summed E-state index contributed by atoms with van der Waals surface area (Å²) in [6.45, 7) is 6.81. The summed E-state index contributed by atoms with van der Waals surface area (Å²) in [4.78, 5) is 0. The summed E-state index contributed by atoms with van der Waals surface area (Å²) in [5.41, 5.74) is 3.54. The van der Waals surface area contributed by atoms with E-state index in [2.05, 4.69) is 30.3 Å². The Morgan fingerprint density at radius 1 is 1.53 bits per heavy atom. The molecule has 1 heterocycles. The molecule has 0 aromatic carbocycles. The van der Waals surface area contributed by atoms with E-state index in [1.807, 2.05) is 11.6 Å². The molecule has 0 saturated heterocycles. The molecule has 15 heavy (non-hydrogen) atoms. The number of nitriles is 1. The first-order chi connectivity index (χ1) is 7.13. The number of likely N-dealkylation sites (N-methyl/N-ethyl adjacent to an activating group) is 1. The minimum atomic E-state index is -0.173. The van der Waals surface area contributed by atoms with Crippen LogP contribution in [-0.2, 0) is 13.0 Å². The second-order valence-corrected chi connectivity index (χ2v) is 3.66. The highest BCUT2D eigenvalue weighted by Gasteiger charge is 2.12. The van der Waals surface area contributed by atoms with Gasteiger partial charge >= 0.3 is 0 Å². The van der Waals surface area contributed by atoms with Crippen LogP contribution in [-0.4, -0.2) is 22.9 Å². The zero-order chi connectivity index (χ0) is 11.4. The van der Waals surface area contributed by atoms with E-state index < -0.39 is 0 Å². The summed E-state index contributed by atoms with van der Waals surface area (Å²) in [6, 6.07) is 2.03. The van der Waals surface area contributed by atoms with E-state index in [1.165, 1.54) is 11.3 Å². The molecule has 0 aliphatic rings. The zero-order valence-corrected chi connectivity index (χ0v) is 9.83. The van der Waals surface area contributed by atoms with Crippen molar-refractivity contribution in [2.75, 3.05) is 7.05 Å². The third-order valence-corrected chi connectivity index (χ3v) is 2.74. The molecule has 1 aromatic heterocycles. The van der Waals surface area contributed by atoms with E-state index in [0.717, 1.165) is 12.1 Å². The highest BCUT2D eigenvalue weighted by atomic mass is 15.3. The van der Waals surface area contributed by atoms with Crippen molar-refractivity contribution in [1.29, 1.82) is 5.26 Å². The van der Waals surface area contributed by atoms with E-state index in [9.17, 15) is 0 Å². The van der Waals surface area contributed by atoms with Crippen molar-refractivity contribution < 1.29 is 0 Å². The fourth-order valence-electron chi connectivity index (χ4n) is 1.79. The molecular formula is C11H18N4. The number of hydrogen-bond donors (Lipinski definition) is 1. The zero-order valence-electron chi connectivity index (χ0n) is 9.83. The summed E-state index contributed by atoms with van der Waals surface area (Å²) >= 11 is 0. The van der Waals surface area contributed by atoms with Gasteiger partial charge in [0.2, 0.25) is 0 Å². The van der Waals surface area contributed by atoms with Crippen LogP contribution in [0.3, 0.4) is 0 Å². The van der Waals surface area contributed by atoms with Crippen molar-refractivity contribution in [3.8, 4) is 6.07 Å². The lowest BCUT2D eigenvalue weighted by Crippen LogP contribution is -2.29. The van der Waals surface area contributed by atoms with Gasteiger partial charge in [0.05, 0.1) is 18.3 Å². The SMILES string of the molecule is CCc1c(C)nn(CC(C#N)NC)c1C. The van der Waals surface area contributed by atoms with E-state index in [0.29, 0.717) is 6.54 Å². The number of hydrogen-bond acceptors (Lipinski definition) is 3. The van der Waals surface area contributed by atoms with Crippen LogP contribution < -0.4 is 5.32 Å². The largest absolute Gasteiger partial charge is 0.303 e. The van der Waals surface area contributed by atoms with Crippen molar-refractivity contribution in [3.63, 3.8) is 0 Å². The van der Waals surface area contributed by atoms with Gasteiger partial charge in [-0.1, -0.05) is 6.92 Å². The van der Waals surface area contributed by atoms with Gasteiger partial charge in [-0.2, -0.15) is 10.4 Å². The first-order valence-electron chi connectivity index (χ1n) is 5.23. The first-order valence-corrected chi connectivity index (χ1v) is 5.23. The van der Waals surface area contributed by atoms with Crippen molar-refractivity contribution in [1.82, 2.24) is 15.1 Å². The standard InChI is InChI=1S/C11H18N4/c1-5-11-8(2)14-15(9(11)3)7-10(6-12)13-4/h10,13H,5,7H2,1-4H3. The third-order valence-electron chi connectivity index (χ3n) is 2.74. The Bertz CT molecular complexity index is 373. The summed E-state index contributed by atoms with van der Waals surface area (Å²) in [7, 11) is 1.79. The Hall–Kier alpha value is -1.34. The summed E-state index contributed by atoms with van der Waals surface area (Å²) < 4.78 is 1.92. The summed E-state index contributed by atoms with van der Waals surface area (Å²) in [5.74, 6) is 0. The molecule has 0 radical (unpaired) electrons. The molecule has 1 atom stereocenters. The third kappa shape index (κ3) is 2.37. The van der Waals surface area contributed by atoms with Gasteiger partial charge in [0.25, 0.3) is 0 Å². The molecule has 0 amide bonds.